The molecule has 0 radical (unpaired) electrons. The second-order valence-electron chi connectivity index (χ2n) is 13.5. The first-order valence-electron chi connectivity index (χ1n) is 17.3. The van der Waals surface area contributed by atoms with Gasteiger partial charge in [-0.05, 0) is 51.7 Å². The monoisotopic (exact) mass is 744 g/mol. The molecule has 1 amide bonds. The molecule has 284 valence electrons. The van der Waals surface area contributed by atoms with Crippen LogP contribution in [0, 0.1) is 23.5 Å². The molecular formula is C38H42F2N8O6. The van der Waals surface area contributed by atoms with Gasteiger partial charge < -0.3 is 28.6 Å². The highest BCUT2D eigenvalue weighted by molar-refractivity contribution is 5.75. The smallest absolute Gasteiger partial charge is 0.411 e. The number of halogens is 2. The standard InChI is InChI=1S/C27H31FN6O3.C11H11FN2O3/c1-27(2,3)37-26(36)33(12-4-5-21-19-29-10-11-30-21)22-8-13-32(14-9-22)15-16-34-24-17-20(28)18-31-23(24)6-7-25(34)35;1-17-11(16)6-14-9-4-7(12)5-13-8(9)2-3-10(14)15/h6-7,10-11,17-19,22H,8-9,12-16H2,1-3H3;2-5,11,16H,6H2,1H3. The number of hydrogen-bond donors (Lipinski definition) is 1. The molecule has 1 aliphatic heterocycles. The van der Waals surface area contributed by atoms with Crippen LogP contribution in [0.1, 0.15) is 39.3 Å². The molecule has 1 atom stereocenters. The van der Waals surface area contributed by atoms with Gasteiger partial charge in [-0.25, -0.2) is 18.6 Å². The summed E-state index contributed by atoms with van der Waals surface area (Å²) in [6.45, 7) is 8.21. The molecule has 5 aromatic heterocycles. The SMILES string of the molecule is CC(C)(C)OC(=O)N(CC#Cc1cnccn1)C1CCN(CCn2c(=O)ccc3ncc(F)cc32)CC1.COC(O)Cn1c(=O)ccc2ncc(F)cc21. The summed E-state index contributed by atoms with van der Waals surface area (Å²) >= 11 is 0. The number of rotatable bonds is 8. The van der Waals surface area contributed by atoms with Crippen molar-refractivity contribution in [1.82, 2.24) is 38.9 Å². The minimum atomic E-state index is -1.12. The van der Waals surface area contributed by atoms with Gasteiger partial charge in [0.2, 0.25) is 0 Å². The molecule has 1 unspecified atom stereocenters. The number of carbonyl (C=O) groups is 1. The average Bonchev–Trinajstić information content (AvgIpc) is 3.14. The summed E-state index contributed by atoms with van der Waals surface area (Å²) in [5, 5.41) is 9.37. The maximum Gasteiger partial charge on any atom is 0.411 e. The number of aliphatic hydroxyl groups is 1. The summed E-state index contributed by atoms with van der Waals surface area (Å²) in [5.74, 6) is 4.98. The van der Waals surface area contributed by atoms with Gasteiger partial charge in [0, 0.05) is 76.0 Å². The summed E-state index contributed by atoms with van der Waals surface area (Å²) in [6, 6.07) is 8.41. The molecule has 1 N–H and O–H groups in total. The second kappa shape index (κ2) is 17.9. The topological polar surface area (TPSA) is 158 Å². The summed E-state index contributed by atoms with van der Waals surface area (Å²) in [6.07, 6.45) is 6.93. The maximum absolute atomic E-state index is 13.8. The molecule has 54 heavy (non-hydrogen) atoms. The van der Waals surface area contributed by atoms with Crippen LogP contribution in [0.15, 0.2) is 77.0 Å². The minimum Gasteiger partial charge on any atom is -0.444 e. The van der Waals surface area contributed by atoms with Crippen LogP contribution in [0.2, 0.25) is 0 Å². The van der Waals surface area contributed by atoms with Crippen LogP contribution in [0.5, 0.6) is 0 Å². The van der Waals surface area contributed by atoms with Crippen LogP contribution in [-0.2, 0) is 22.6 Å². The van der Waals surface area contributed by atoms with Crippen LogP contribution in [-0.4, -0.2) is 101 Å². The zero-order valence-electron chi connectivity index (χ0n) is 30.5. The Morgan fingerprint density at radius 3 is 2.11 bits per heavy atom. The van der Waals surface area contributed by atoms with Crippen molar-refractivity contribution in [3.8, 4) is 11.8 Å². The van der Waals surface area contributed by atoms with E-state index in [0.717, 1.165) is 38.3 Å². The number of ether oxygens (including phenoxy) is 2. The fraction of sp³-hybridized carbons (Fsp3) is 0.395. The number of nitrogens with zero attached hydrogens (tertiary/aromatic N) is 8. The molecule has 6 heterocycles. The lowest BCUT2D eigenvalue weighted by Crippen LogP contribution is -2.49. The highest BCUT2D eigenvalue weighted by Crippen LogP contribution is 2.20. The van der Waals surface area contributed by atoms with Crippen LogP contribution < -0.4 is 11.1 Å². The lowest BCUT2D eigenvalue weighted by atomic mass is 10.0. The lowest BCUT2D eigenvalue weighted by Gasteiger charge is -2.38. The zero-order valence-corrected chi connectivity index (χ0v) is 30.5. The van der Waals surface area contributed by atoms with Crippen molar-refractivity contribution >= 4 is 28.2 Å². The van der Waals surface area contributed by atoms with E-state index in [1.165, 1.54) is 42.0 Å². The van der Waals surface area contributed by atoms with Crippen molar-refractivity contribution in [3.05, 3.63) is 105 Å². The van der Waals surface area contributed by atoms with Gasteiger partial charge in [-0.1, -0.05) is 5.92 Å². The summed E-state index contributed by atoms with van der Waals surface area (Å²) < 4.78 is 40.0. The van der Waals surface area contributed by atoms with Gasteiger partial charge in [-0.15, -0.1) is 0 Å². The fourth-order valence-electron chi connectivity index (χ4n) is 5.87. The Bertz CT molecular complexity index is 2240. The normalized spacial score (nSPS) is 14.1. The van der Waals surface area contributed by atoms with E-state index < -0.39 is 29.6 Å². The number of aromatic nitrogens is 6. The molecule has 0 aromatic carbocycles. The third-order valence-corrected chi connectivity index (χ3v) is 8.51. The van der Waals surface area contributed by atoms with Crippen molar-refractivity contribution in [1.29, 1.82) is 0 Å². The highest BCUT2D eigenvalue weighted by atomic mass is 19.1. The molecule has 1 fully saturated rings. The summed E-state index contributed by atoms with van der Waals surface area (Å²) in [5.41, 5.74) is 1.26. The first-order chi connectivity index (χ1) is 25.8. The first-order valence-corrected chi connectivity index (χ1v) is 17.3. The maximum atomic E-state index is 13.8. The minimum absolute atomic E-state index is 0.0270. The Morgan fingerprint density at radius 1 is 0.926 bits per heavy atom. The van der Waals surface area contributed by atoms with Gasteiger partial charge in [0.1, 0.15) is 22.9 Å². The van der Waals surface area contributed by atoms with Crippen LogP contribution in [0.25, 0.3) is 22.1 Å². The molecule has 0 spiro atoms. The van der Waals surface area contributed by atoms with Gasteiger partial charge >= 0.3 is 6.09 Å². The van der Waals surface area contributed by atoms with Gasteiger partial charge in [-0.2, -0.15) is 0 Å². The van der Waals surface area contributed by atoms with E-state index in [1.807, 2.05) is 20.8 Å². The molecule has 0 bridgehead atoms. The Morgan fingerprint density at radius 2 is 1.54 bits per heavy atom. The largest absolute Gasteiger partial charge is 0.444 e. The number of piperidine rings is 1. The van der Waals surface area contributed by atoms with E-state index in [0.29, 0.717) is 40.9 Å². The van der Waals surface area contributed by atoms with E-state index >= 15 is 0 Å². The Labute approximate surface area is 310 Å². The third kappa shape index (κ3) is 10.7. The van der Waals surface area contributed by atoms with Crippen molar-refractivity contribution in [2.45, 2.75) is 64.6 Å². The first kappa shape index (κ1) is 39.6. The molecule has 5 aromatic rings. The molecule has 6 rings (SSSR count). The van der Waals surface area contributed by atoms with Crippen LogP contribution >= 0.6 is 0 Å². The quantitative estimate of drug-likeness (QED) is 0.183. The number of carbonyl (C=O) groups excluding carboxylic acids is 1. The van der Waals surface area contributed by atoms with Gasteiger partial charge in [0.25, 0.3) is 11.1 Å². The van der Waals surface area contributed by atoms with E-state index in [1.54, 1.807) is 34.1 Å². The third-order valence-electron chi connectivity index (χ3n) is 8.51. The van der Waals surface area contributed by atoms with E-state index in [4.69, 9.17) is 4.74 Å². The molecule has 14 nitrogen and oxygen atoms in total. The van der Waals surface area contributed by atoms with Crippen molar-refractivity contribution in [3.63, 3.8) is 0 Å². The summed E-state index contributed by atoms with van der Waals surface area (Å²) in [4.78, 5) is 57.1. The molecular weight excluding hydrogens is 702 g/mol. The predicted octanol–water partition coefficient (Wildman–Crippen LogP) is 3.58. The van der Waals surface area contributed by atoms with Gasteiger partial charge in [-0.3, -0.25) is 29.4 Å². The van der Waals surface area contributed by atoms with E-state index in [-0.39, 0.29) is 30.2 Å². The van der Waals surface area contributed by atoms with Gasteiger partial charge in [0.05, 0.1) is 53.7 Å². The lowest BCUT2D eigenvalue weighted by molar-refractivity contribution is -0.0832. The molecule has 16 heteroatoms. The zero-order chi connectivity index (χ0) is 38.8. The number of pyridine rings is 4. The summed E-state index contributed by atoms with van der Waals surface area (Å²) in [7, 11) is 1.32. The average molecular weight is 745 g/mol. The highest BCUT2D eigenvalue weighted by Gasteiger charge is 2.30. The number of aliphatic hydroxyl groups excluding tert-OH is 1. The Kier molecular flexibility index (Phi) is 13.1. The van der Waals surface area contributed by atoms with Crippen molar-refractivity contribution < 1.29 is 28.2 Å². The number of fused-ring (bicyclic) bond motifs is 2. The van der Waals surface area contributed by atoms with E-state index in [9.17, 15) is 28.3 Å². The fourth-order valence-corrected chi connectivity index (χ4v) is 5.87. The Balaban J connectivity index is 0.000000274. The number of likely N-dealkylation sites (tertiary alicyclic amines) is 1. The molecule has 0 saturated carbocycles. The number of hydrogen-bond acceptors (Lipinski definition) is 11. The van der Waals surface area contributed by atoms with Crippen LogP contribution in [0.3, 0.4) is 0 Å². The predicted molar refractivity (Wildman–Crippen MR) is 196 cm³/mol. The molecule has 1 aliphatic rings. The Hall–Kier alpha value is -5.63. The second-order valence-corrected chi connectivity index (χ2v) is 13.5. The van der Waals surface area contributed by atoms with Crippen LogP contribution in [0.4, 0.5) is 13.6 Å². The van der Waals surface area contributed by atoms with E-state index in [2.05, 4.69) is 41.4 Å². The number of methoxy groups -OCH3 is 1. The number of amides is 1. The van der Waals surface area contributed by atoms with Crippen molar-refractivity contribution in [2.24, 2.45) is 0 Å². The van der Waals surface area contributed by atoms with Gasteiger partial charge in [0.15, 0.2) is 6.29 Å². The molecule has 0 aliphatic carbocycles. The van der Waals surface area contributed by atoms with Crippen molar-refractivity contribution in [2.75, 3.05) is 33.3 Å². The molecule has 1 saturated heterocycles.